The van der Waals surface area contributed by atoms with Gasteiger partial charge in [-0.25, -0.2) is 23.1 Å². The molecule has 0 amide bonds. The molecule has 2 heterocycles. The molecule has 8 heteroatoms. The van der Waals surface area contributed by atoms with Crippen LogP contribution in [0, 0.1) is 17.5 Å². The smallest absolute Gasteiger partial charge is 0.255 e. The molecule has 0 unspecified atom stereocenters. The van der Waals surface area contributed by atoms with Gasteiger partial charge in [-0.15, -0.1) is 0 Å². The van der Waals surface area contributed by atoms with E-state index in [9.17, 15) is 13.2 Å². The van der Waals surface area contributed by atoms with E-state index in [0.29, 0.717) is 11.0 Å². The maximum Gasteiger partial charge on any atom is 0.255 e. The molecular weight excluding hydrogens is 309 g/mol. The molecule has 0 fully saturated rings. The third-order valence-corrected chi connectivity index (χ3v) is 3.01. The second-order valence-corrected chi connectivity index (χ2v) is 4.48. The van der Waals surface area contributed by atoms with Gasteiger partial charge in [0.1, 0.15) is 11.2 Å². The summed E-state index contributed by atoms with van der Waals surface area (Å²) in [5.74, 6) is -4.27. The fraction of sp³-hybridized carbons (Fsp3) is 0.133. The first-order valence-corrected chi connectivity index (χ1v) is 6.76. The summed E-state index contributed by atoms with van der Waals surface area (Å²) in [6, 6.07) is 5.24. The molecule has 0 spiro atoms. The molecule has 1 aromatic carbocycles. The highest BCUT2D eigenvalue weighted by Gasteiger charge is 2.22. The first-order valence-electron chi connectivity index (χ1n) is 6.76. The molecule has 5 nitrogen and oxygen atoms in total. The number of hydrogen-bond acceptors (Lipinski definition) is 5. The van der Waals surface area contributed by atoms with Crippen LogP contribution >= 0.6 is 0 Å². The number of anilines is 2. The molecule has 0 radical (unpaired) electrons. The second-order valence-electron chi connectivity index (χ2n) is 4.48. The van der Waals surface area contributed by atoms with Gasteiger partial charge in [0, 0.05) is 6.20 Å². The number of rotatable bonds is 4. The van der Waals surface area contributed by atoms with E-state index >= 15 is 0 Å². The molecule has 0 aliphatic carbocycles. The van der Waals surface area contributed by atoms with Gasteiger partial charge in [-0.2, -0.15) is 5.06 Å². The van der Waals surface area contributed by atoms with Crippen molar-refractivity contribution >= 4 is 22.7 Å². The summed E-state index contributed by atoms with van der Waals surface area (Å²) in [4.78, 5) is 17.6. The molecule has 0 saturated carbocycles. The van der Waals surface area contributed by atoms with Crippen molar-refractivity contribution in [2.45, 2.75) is 6.92 Å². The van der Waals surface area contributed by atoms with E-state index in [4.69, 9.17) is 4.84 Å². The first-order chi connectivity index (χ1) is 11.1. The van der Waals surface area contributed by atoms with E-state index in [2.05, 4.69) is 15.0 Å². The highest BCUT2D eigenvalue weighted by atomic mass is 19.2. The zero-order valence-electron chi connectivity index (χ0n) is 12.0. The third-order valence-electron chi connectivity index (χ3n) is 3.01. The van der Waals surface area contributed by atoms with Gasteiger partial charge in [-0.3, -0.25) is 9.82 Å². The Labute approximate surface area is 129 Å². The standard InChI is InChI=1S/C15H11F3N4O/c1-2-23-22(12-6-5-9(16)13(17)14(12)18)15-20-8-11-10(21-15)4-3-7-19-11/h3-8H,2H2,1H3. The van der Waals surface area contributed by atoms with Crippen LogP contribution in [-0.4, -0.2) is 21.6 Å². The Balaban J connectivity index is 2.12. The molecule has 3 rings (SSSR count). The Morgan fingerprint density at radius 2 is 1.87 bits per heavy atom. The first kappa shape index (κ1) is 15.2. The highest BCUT2D eigenvalue weighted by molar-refractivity contribution is 5.74. The molecule has 0 aliphatic rings. The van der Waals surface area contributed by atoms with E-state index in [1.54, 1.807) is 25.3 Å². The lowest BCUT2D eigenvalue weighted by molar-refractivity contribution is 0.143. The van der Waals surface area contributed by atoms with Crippen LogP contribution in [0.3, 0.4) is 0 Å². The van der Waals surface area contributed by atoms with Crippen LogP contribution in [0.1, 0.15) is 6.92 Å². The van der Waals surface area contributed by atoms with Crippen molar-refractivity contribution in [3.63, 3.8) is 0 Å². The van der Waals surface area contributed by atoms with E-state index in [-0.39, 0.29) is 18.2 Å². The molecule has 0 atom stereocenters. The van der Waals surface area contributed by atoms with Gasteiger partial charge in [0.15, 0.2) is 17.5 Å². The van der Waals surface area contributed by atoms with Crippen molar-refractivity contribution in [2.24, 2.45) is 0 Å². The van der Waals surface area contributed by atoms with Crippen molar-refractivity contribution < 1.29 is 18.0 Å². The predicted octanol–water partition coefficient (Wildman–Crippen LogP) is 3.53. The number of aromatic nitrogens is 3. The van der Waals surface area contributed by atoms with Crippen molar-refractivity contribution in [1.82, 2.24) is 15.0 Å². The van der Waals surface area contributed by atoms with Crippen molar-refractivity contribution in [3.8, 4) is 0 Å². The number of fused-ring (bicyclic) bond motifs is 1. The van der Waals surface area contributed by atoms with Gasteiger partial charge in [0.2, 0.25) is 0 Å². The Hall–Kier alpha value is -2.74. The minimum atomic E-state index is -1.59. The van der Waals surface area contributed by atoms with Gasteiger partial charge in [-0.05, 0) is 31.2 Å². The van der Waals surface area contributed by atoms with Gasteiger partial charge in [0.25, 0.3) is 5.95 Å². The average molecular weight is 320 g/mol. The fourth-order valence-electron chi connectivity index (χ4n) is 1.99. The van der Waals surface area contributed by atoms with Crippen LogP contribution in [0.4, 0.5) is 24.8 Å². The highest BCUT2D eigenvalue weighted by Crippen LogP contribution is 2.29. The zero-order valence-corrected chi connectivity index (χ0v) is 12.0. The largest absolute Gasteiger partial charge is 0.266 e. The molecule has 0 N–H and O–H groups in total. The molecule has 0 bridgehead atoms. The predicted molar refractivity (Wildman–Crippen MR) is 77.4 cm³/mol. The quantitative estimate of drug-likeness (QED) is 0.544. The van der Waals surface area contributed by atoms with Crippen LogP contribution in [0.5, 0.6) is 0 Å². The van der Waals surface area contributed by atoms with Crippen molar-refractivity contribution in [2.75, 3.05) is 11.7 Å². The van der Waals surface area contributed by atoms with Gasteiger partial charge >= 0.3 is 0 Å². The van der Waals surface area contributed by atoms with E-state index in [0.717, 1.165) is 17.2 Å². The number of benzene rings is 1. The van der Waals surface area contributed by atoms with Gasteiger partial charge in [0.05, 0.1) is 18.3 Å². The Morgan fingerprint density at radius 3 is 2.65 bits per heavy atom. The van der Waals surface area contributed by atoms with E-state index < -0.39 is 17.5 Å². The summed E-state index contributed by atoms with van der Waals surface area (Å²) in [5, 5.41) is 0.921. The lowest BCUT2D eigenvalue weighted by Gasteiger charge is -2.21. The topological polar surface area (TPSA) is 51.1 Å². The Kier molecular flexibility index (Phi) is 4.07. The minimum Gasteiger partial charge on any atom is -0.266 e. The average Bonchev–Trinajstić information content (AvgIpc) is 2.58. The van der Waals surface area contributed by atoms with Crippen LogP contribution < -0.4 is 5.06 Å². The summed E-state index contributed by atoms with van der Waals surface area (Å²) in [6.45, 7) is 1.81. The van der Waals surface area contributed by atoms with Crippen LogP contribution in [0.25, 0.3) is 11.0 Å². The maximum atomic E-state index is 14.0. The summed E-state index contributed by atoms with van der Waals surface area (Å²) >= 11 is 0. The second kappa shape index (κ2) is 6.17. The Bertz CT molecular complexity index is 859. The summed E-state index contributed by atoms with van der Waals surface area (Å²) < 4.78 is 40.6. The minimum absolute atomic E-state index is 0.0164. The van der Waals surface area contributed by atoms with Crippen LogP contribution in [0.2, 0.25) is 0 Å². The number of pyridine rings is 1. The van der Waals surface area contributed by atoms with Crippen molar-refractivity contribution in [3.05, 3.63) is 54.1 Å². The molecule has 118 valence electrons. The van der Waals surface area contributed by atoms with Gasteiger partial charge < -0.3 is 0 Å². The molecular formula is C15H11F3N4O. The SMILES string of the molecule is CCON(c1ncc2ncccc2n1)c1ccc(F)c(F)c1F. The van der Waals surface area contributed by atoms with E-state index in [1.807, 2.05) is 0 Å². The molecule has 23 heavy (non-hydrogen) atoms. The molecule has 0 aliphatic heterocycles. The zero-order chi connectivity index (χ0) is 16.4. The lowest BCUT2D eigenvalue weighted by Crippen LogP contribution is -2.22. The normalized spacial score (nSPS) is 11.0. The third kappa shape index (κ3) is 2.80. The molecule has 2 aromatic heterocycles. The van der Waals surface area contributed by atoms with E-state index in [1.165, 1.54) is 6.20 Å². The van der Waals surface area contributed by atoms with Gasteiger partial charge in [-0.1, -0.05) is 0 Å². The molecule has 0 saturated heterocycles. The van der Waals surface area contributed by atoms with Crippen LogP contribution in [0.15, 0.2) is 36.7 Å². The summed E-state index contributed by atoms with van der Waals surface area (Å²) in [7, 11) is 0. The molecule has 3 aromatic rings. The van der Waals surface area contributed by atoms with Crippen LogP contribution in [-0.2, 0) is 4.84 Å². The Morgan fingerprint density at radius 1 is 1.04 bits per heavy atom. The monoisotopic (exact) mass is 320 g/mol. The summed E-state index contributed by atoms with van der Waals surface area (Å²) in [6.07, 6.45) is 3.02. The lowest BCUT2D eigenvalue weighted by atomic mass is 10.3. The number of halogens is 3. The number of hydrogen-bond donors (Lipinski definition) is 0. The number of nitrogens with zero attached hydrogens (tertiary/aromatic N) is 4. The summed E-state index contributed by atoms with van der Waals surface area (Å²) in [5.41, 5.74) is 0.720. The maximum absolute atomic E-state index is 14.0. The fourth-order valence-corrected chi connectivity index (χ4v) is 1.99. The van der Waals surface area contributed by atoms with Crippen molar-refractivity contribution in [1.29, 1.82) is 0 Å².